The summed E-state index contributed by atoms with van der Waals surface area (Å²) in [4.78, 5) is 24.5. The SMILES string of the molecule is COC(=O)c1c(F)cccc1N[C@H](C)c1cc(F)cc2c(=O)n(C)c(I)cc12. The Morgan fingerprint density at radius 2 is 1.93 bits per heavy atom. The molecule has 2 aromatic carbocycles. The van der Waals surface area contributed by atoms with Crippen LogP contribution in [0.25, 0.3) is 10.8 Å². The van der Waals surface area contributed by atoms with Gasteiger partial charge in [0.1, 0.15) is 17.2 Å². The van der Waals surface area contributed by atoms with E-state index in [-0.39, 0.29) is 22.2 Å². The van der Waals surface area contributed by atoms with E-state index in [0.29, 0.717) is 14.7 Å². The Morgan fingerprint density at radius 1 is 1.21 bits per heavy atom. The highest BCUT2D eigenvalue weighted by atomic mass is 127. The molecule has 146 valence electrons. The number of hydrogen-bond acceptors (Lipinski definition) is 4. The number of methoxy groups -OCH3 is 1. The number of rotatable bonds is 4. The highest BCUT2D eigenvalue weighted by Gasteiger charge is 2.21. The van der Waals surface area contributed by atoms with Gasteiger partial charge in [-0.15, -0.1) is 0 Å². The van der Waals surface area contributed by atoms with E-state index in [0.717, 1.165) is 6.07 Å². The van der Waals surface area contributed by atoms with Crippen LogP contribution in [0.4, 0.5) is 14.5 Å². The van der Waals surface area contributed by atoms with Crippen LogP contribution in [0, 0.1) is 15.3 Å². The van der Waals surface area contributed by atoms with Crippen LogP contribution < -0.4 is 10.9 Å². The summed E-state index contributed by atoms with van der Waals surface area (Å²) in [5.41, 5.74) is 0.194. The highest BCUT2D eigenvalue weighted by Crippen LogP contribution is 2.30. The number of ether oxygens (including phenoxy) is 1. The Morgan fingerprint density at radius 3 is 2.61 bits per heavy atom. The number of anilines is 1. The second-order valence-corrected chi connectivity index (χ2v) is 7.41. The van der Waals surface area contributed by atoms with Crippen LogP contribution in [0.5, 0.6) is 0 Å². The summed E-state index contributed by atoms with van der Waals surface area (Å²) >= 11 is 2.03. The highest BCUT2D eigenvalue weighted by molar-refractivity contribution is 14.1. The summed E-state index contributed by atoms with van der Waals surface area (Å²) in [6, 6.07) is 7.95. The minimum absolute atomic E-state index is 0.218. The molecule has 0 fully saturated rings. The van der Waals surface area contributed by atoms with Crippen LogP contribution >= 0.6 is 22.6 Å². The predicted octanol–water partition coefficient (Wildman–Crippen LogP) is 4.38. The van der Waals surface area contributed by atoms with E-state index in [9.17, 15) is 18.4 Å². The molecule has 0 saturated carbocycles. The molecule has 0 aliphatic heterocycles. The van der Waals surface area contributed by atoms with E-state index in [2.05, 4.69) is 10.1 Å². The minimum atomic E-state index is -0.819. The minimum Gasteiger partial charge on any atom is -0.465 e. The second kappa shape index (κ2) is 7.86. The molecule has 1 N–H and O–H groups in total. The third-order valence-electron chi connectivity index (χ3n) is 4.54. The fraction of sp³-hybridized carbons (Fsp3) is 0.200. The summed E-state index contributed by atoms with van der Waals surface area (Å²) < 4.78 is 35.2. The number of benzene rings is 2. The molecule has 0 aliphatic rings. The van der Waals surface area contributed by atoms with Crippen molar-refractivity contribution < 1.29 is 18.3 Å². The van der Waals surface area contributed by atoms with Crippen LogP contribution in [-0.2, 0) is 11.8 Å². The zero-order valence-corrected chi connectivity index (χ0v) is 17.5. The van der Waals surface area contributed by atoms with Gasteiger partial charge in [0.15, 0.2) is 0 Å². The van der Waals surface area contributed by atoms with Crippen molar-refractivity contribution in [2.75, 3.05) is 12.4 Å². The molecule has 28 heavy (non-hydrogen) atoms. The van der Waals surface area contributed by atoms with E-state index in [1.165, 1.54) is 35.9 Å². The molecule has 1 heterocycles. The summed E-state index contributed by atoms with van der Waals surface area (Å²) in [6.07, 6.45) is 0. The van der Waals surface area contributed by atoms with Gasteiger partial charge in [0, 0.05) is 13.1 Å². The molecule has 0 radical (unpaired) electrons. The Labute approximate surface area is 173 Å². The lowest BCUT2D eigenvalue weighted by atomic mass is 9.99. The summed E-state index contributed by atoms with van der Waals surface area (Å²) in [7, 11) is 2.78. The Kier molecular flexibility index (Phi) is 5.69. The van der Waals surface area contributed by atoms with Crippen molar-refractivity contribution in [3.63, 3.8) is 0 Å². The maximum atomic E-state index is 14.2. The zero-order valence-electron chi connectivity index (χ0n) is 15.3. The van der Waals surface area contributed by atoms with Gasteiger partial charge in [-0.3, -0.25) is 4.79 Å². The molecule has 5 nitrogen and oxygen atoms in total. The molecule has 8 heteroatoms. The van der Waals surface area contributed by atoms with Crippen molar-refractivity contribution in [1.29, 1.82) is 0 Å². The lowest BCUT2D eigenvalue weighted by Crippen LogP contribution is -2.20. The third kappa shape index (κ3) is 3.60. The average molecular weight is 498 g/mol. The molecular formula is C20H17F2IN2O3. The smallest absolute Gasteiger partial charge is 0.342 e. The number of nitrogens with zero attached hydrogens (tertiary/aromatic N) is 1. The molecule has 3 rings (SSSR count). The molecule has 1 aromatic heterocycles. The molecule has 0 spiro atoms. The van der Waals surface area contributed by atoms with Crippen molar-refractivity contribution in [2.45, 2.75) is 13.0 Å². The number of aromatic nitrogens is 1. The number of halogens is 3. The first-order chi connectivity index (χ1) is 13.2. The van der Waals surface area contributed by atoms with Crippen molar-refractivity contribution in [1.82, 2.24) is 4.57 Å². The molecule has 0 amide bonds. The fourth-order valence-electron chi connectivity index (χ4n) is 3.09. The van der Waals surface area contributed by atoms with Crippen molar-refractivity contribution >= 4 is 45.0 Å². The molecule has 0 saturated heterocycles. The number of pyridine rings is 1. The van der Waals surface area contributed by atoms with Gasteiger partial charge in [0.2, 0.25) is 0 Å². The van der Waals surface area contributed by atoms with Crippen molar-refractivity contribution in [3.8, 4) is 0 Å². The van der Waals surface area contributed by atoms with Gasteiger partial charge in [-0.25, -0.2) is 13.6 Å². The number of fused-ring (bicyclic) bond motifs is 1. The first kappa shape index (κ1) is 20.2. The van der Waals surface area contributed by atoms with Gasteiger partial charge in [-0.1, -0.05) is 6.07 Å². The Hall–Kier alpha value is -2.49. The van der Waals surface area contributed by atoms with E-state index in [1.807, 2.05) is 22.6 Å². The van der Waals surface area contributed by atoms with Crippen LogP contribution in [0.3, 0.4) is 0 Å². The van der Waals surface area contributed by atoms with Gasteiger partial charge in [0.25, 0.3) is 5.56 Å². The molecule has 0 bridgehead atoms. The summed E-state index contributed by atoms with van der Waals surface area (Å²) in [6.45, 7) is 1.74. The largest absolute Gasteiger partial charge is 0.465 e. The number of hydrogen-bond donors (Lipinski definition) is 1. The Balaban J connectivity index is 2.14. The van der Waals surface area contributed by atoms with Crippen LogP contribution in [0.15, 0.2) is 41.2 Å². The first-order valence-corrected chi connectivity index (χ1v) is 9.44. The monoisotopic (exact) mass is 498 g/mol. The van der Waals surface area contributed by atoms with Crippen LogP contribution in [0.1, 0.15) is 28.9 Å². The molecule has 0 aliphatic carbocycles. The van der Waals surface area contributed by atoms with E-state index >= 15 is 0 Å². The van der Waals surface area contributed by atoms with E-state index < -0.39 is 23.6 Å². The quantitative estimate of drug-likeness (QED) is 0.330. The number of nitrogens with one attached hydrogen (secondary N) is 1. The number of esters is 1. The lowest BCUT2D eigenvalue weighted by Gasteiger charge is -2.20. The summed E-state index contributed by atoms with van der Waals surface area (Å²) in [5.74, 6) is -2.10. The average Bonchev–Trinajstić information content (AvgIpc) is 2.66. The van der Waals surface area contributed by atoms with Gasteiger partial charge >= 0.3 is 5.97 Å². The predicted molar refractivity (Wildman–Crippen MR) is 112 cm³/mol. The van der Waals surface area contributed by atoms with Crippen molar-refractivity contribution in [2.24, 2.45) is 7.05 Å². The maximum absolute atomic E-state index is 14.2. The van der Waals surface area contributed by atoms with Gasteiger partial charge in [-0.2, -0.15) is 0 Å². The number of carbonyl (C=O) groups is 1. The zero-order chi connectivity index (χ0) is 20.6. The molecule has 0 unspecified atom stereocenters. The van der Waals surface area contributed by atoms with Crippen LogP contribution in [-0.4, -0.2) is 17.6 Å². The lowest BCUT2D eigenvalue weighted by molar-refractivity contribution is 0.0596. The van der Waals surface area contributed by atoms with E-state index in [4.69, 9.17) is 0 Å². The van der Waals surface area contributed by atoms with E-state index in [1.54, 1.807) is 20.0 Å². The standard InChI is InChI=1S/C20H17F2IN2O3/c1-10(24-16-6-4-5-15(22)18(16)20(27)28-3)12-7-11(21)8-14-13(12)9-17(23)25(2)19(14)26/h4-10,24H,1-3H3/t10-/m1/s1. The van der Waals surface area contributed by atoms with Gasteiger partial charge < -0.3 is 14.6 Å². The third-order valence-corrected chi connectivity index (χ3v) is 5.57. The maximum Gasteiger partial charge on any atom is 0.342 e. The molecular weight excluding hydrogens is 481 g/mol. The van der Waals surface area contributed by atoms with Crippen molar-refractivity contribution in [3.05, 3.63) is 73.2 Å². The first-order valence-electron chi connectivity index (χ1n) is 8.36. The van der Waals surface area contributed by atoms with Gasteiger partial charge in [0.05, 0.1) is 21.9 Å². The second-order valence-electron chi connectivity index (χ2n) is 6.31. The van der Waals surface area contributed by atoms with Gasteiger partial charge in [-0.05, 0) is 70.8 Å². The number of carbonyl (C=O) groups excluding carboxylic acids is 1. The fourth-order valence-corrected chi connectivity index (χ4v) is 3.62. The molecule has 3 aromatic rings. The topological polar surface area (TPSA) is 60.3 Å². The molecule has 1 atom stereocenters. The Bertz CT molecular complexity index is 1140. The normalized spacial score (nSPS) is 12.1. The van der Waals surface area contributed by atoms with Crippen LogP contribution in [0.2, 0.25) is 0 Å². The summed E-state index contributed by atoms with van der Waals surface area (Å²) in [5, 5.41) is 3.87.